The molecule has 7 nitrogen and oxygen atoms in total. The fraction of sp³-hybridized carbons (Fsp3) is 0.440. The van der Waals surface area contributed by atoms with E-state index < -0.39 is 0 Å². The maximum Gasteiger partial charge on any atom is 0.318 e. The molecule has 0 aromatic heterocycles. The number of rotatable bonds is 9. The van der Waals surface area contributed by atoms with Crippen LogP contribution in [0.4, 0.5) is 9.18 Å². The van der Waals surface area contributed by atoms with Crippen molar-refractivity contribution in [1.82, 2.24) is 15.5 Å². The molecule has 33 heavy (non-hydrogen) atoms. The third kappa shape index (κ3) is 7.46. The van der Waals surface area contributed by atoms with E-state index in [2.05, 4.69) is 10.6 Å². The number of hydrogen-bond donors (Lipinski definition) is 2. The molecule has 0 bridgehead atoms. The second-order valence-electron chi connectivity index (χ2n) is 8.27. The molecule has 1 aliphatic rings. The highest BCUT2D eigenvalue weighted by Gasteiger charge is 2.25. The number of benzene rings is 2. The number of hydrogen-bond acceptors (Lipinski definition) is 5. The van der Waals surface area contributed by atoms with Crippen LogP contribution in [-0.4, -0.2) is 49.7 Å². The molecule has 1 aliphatic heterocycles. The van der Waals surface area contributed by atoms with Gasteiger partial charge in [-0.25, -0.2) is 9.18 Å². The zero-order chi connectivity index (χ0) is 23.6. The van der Waals surface area contributed by atoms with Crippen molar-refractivity contribution in [1.29, 1.82) is 0 Å². The summed E-state index contributed by atoms with van der Waals surface area (Å²) in [5, 5.41) is 6.33. The summed E-state index contributed by atoms with van der Waals surface area (Å²) in [4.78, 5) is 26.4. The minimum Gasteiger partial charge on any atom is -0.493 e. The number of esters is 1. The van der Waals surface area contributed by atoms with Gasteiger partial charge in [-0.15, -0.1) is 0 Å². The van der Waals surface area contributed by atoms with E-state index in [1.807, 2.05) is 29.2 Å². The van der Waals surface area contributed by atoms with Gasteiger partial charge in [0, 0.05) is 19.1 Å². The van der Waals surface area contributed by atoms with Gasteiger partial charge in [0.25, 0.3) is 0 Å². The van der Waals surface area contributed by atoms with Crippen molar-refractivity contribution in [2.24, 2.45) is 5.92 Å². The fourth-order valence-electron chi connectivity index (χ4n) is 3.74. The lowest BCUT2D eigenvalue weighted by atomic mass is 10.0. The Labute approximate surface area is 194 Å². The second-order valence-corrected chi connectivity index (χ2v) is 8.27. The van der Waals surface area contributed by atoms with Gasteiger partial charge in [-0.2, -0.15) is 0 Å². The normalized spacial score (nSPS) is 14.9. The average Bonchev–Trinajstić information content (AvgIpc) is 2.86. The van der Waals surface area contributed by atoms with Gasteiger partial charge in [-0.1, -0.05) is 24.3 Å². The summed E-state index contributed by atoms with van der Waals surface area (Å²) in [6.45, 7) is 4.53. The van der Waals surface area contributed by atoms with Gasteiger partial charge in [-0.3, -0.25) is 4.79 Å². The number of ether oxygens (including phenoxy) is 2. The summed E-state index contributed by atoms with van der Waals surface area (Å²) < 4.78 is 23.6. The molecule has 1 unspecified atom stereocenters. The van der Waals surface area contributed by atoms with Crippen molar-refractivity contribution >= 4 is 12.0 Å². The fourth-order valence-corrected chi connectivity index (χ4v) is 3.74. The van der Waals surface area contributed by atoms with Crippen LogP contribution in [0.25, 0.3) is 0 Å². The van der Waals surface area contributed by atoms with E-state index in [-0.39, 0.29) is 36.4 Å². The van der Waals surface area contributed by atoms with Crippen molar-refractivity contribution in [3.8, 4) is 5.75 Å². The maximum atomic E-state index is 13.3. The van der Waals surface area contributed by atoms with Gasteiger partial charge in [0.05, 0.1) is 13.0 Å². The van der Waals surface area contributed by atoms with E-state index in [4.69, 9.17) is 9.47 Å². The summed E-state index contributed by atoms with van der Waals surface area (Å²) in [6, 6.07) is 13.7. The molecule has 0 saturated carbocycles. The number of piperidine rings is 1. The molecule has 2 aromatic rings. The first-order valence-electron chi connectivity index (χ1n) is 11.3. The number of methoxy groups -OCH3 is 1. The van der Waals surface area contributed by atoms with E-state index in [1.54, 1.807) is 19.1 Å². The number of amides is 2. The third-order valence-electron chi connectivity index (χ3n) is 5.75. The van der Waals surface area contributed by atoms with E-state index in [0.717, 1.165) is 37.1 Å². The van der Waals surface area contributed by atoms with E-state index in [9.17, 15) is 14.0 Å². The number of carbonyl (C=O) groups is 2. The topological polar surface area (TPSA) is 79.9 Å². The number of nitrogens with zero attached hydrogens (tertiary/aromatic N) is 1. The van der Waals surface area contributed by atoms with Crippen molar-refractivity contribution in [2.45, 2.75) is 38.9 Å². The highest BCUT2D eigenvalue weighted by Crippen LogP contribution is 2.18. The van der Waals surface area contributed by atoms with Crippen LogP contribution in [-0.2, 0) is 22.6 Å². The first-order valence-corrected chi connectivity index (χ1v) is 11.3. The molecule has 1 atom stereocenters. The zero-order valence-corrected chi connectivity index (χ0v) is 19.2. The van der Waals surface area contributed by atoms with Crippen LogP contribution in [0.5, 0.6) is 5.75 Å². The van der Waals surface area contributed by atoms with E-state index in [1.165, 1.54) is 19.2 Å². The molecule has 1 saturated heterocycles. The van der Waals surface area contributed by atoms with Crippen LogP contribution in [0.2, 0.25) is 0 Å². The van der Waals surface area contributed by atoms with Gasteiger partial charge in [0.15, 0.2) is 0 Å². The Morgan fingerprint density at radius 3 is 2.36 bits per heavy atom. The first kappa shape index (κ1) is 24.5. The first-order chi connectivity index (χ1) is 16.0. The molecule has 1 heterocycles. The Hall–Kier alpha value is -3.13. The van der Waals surface area contributed by atoms with Crippen LogP contribution in [0.1, 0.15) is 30.9 Å². The Kier molecular flexibility index (Phi) is 9.06. The standard InChI is InChI=1S/C25H32FN3O4/c1-18(24(30)32-2)17-33-23-9-5-19(6-10-23)15-28-25(31)29(22-11-13-27-14-12-22)16-20-3-7-21(26)8-4-20/h3-10,18,22,27H,11-17H2,1-2H3,(H,28,31). The number of halogens is 1. The summed E-state index contributed by atoms with van der Waals surface area (Å²) in [5.74, 6) is -0.304. The van der Waals surface area contributed by atoms with Crippen LogP contribution in [0.3, 0.4) is 0 Å². The number of urea groups is 1. The zero-order valence-electron chi connectivity index (χ0n) is 19.2. The van der Waals surface area contributed by atoms with Gasteiger partial charge in [0.1, 0.15) is 18.2 Å². The lowest BCUT2D eigenvalue weighted by Crippen LogP contribution is -2.49. The van der Waals surface area contributed by atoms with Gasteiger partial charge >= 0.3 is 12.0 Å². The molecule has 0 aliphatic carbocycles. The molecule has 178 valence electrons. The summed E-state index contributed by atoms with van der Waals surface area (Å²) in [6.07, 6.45) is 1.76. The Morgan fingerprint density at radius 1 is 1.09 bits per heavy atom. The van der Waals surface area contributed by atoms with Gasteiger partial charge < -0.3 is 25.0 Å². The minimum atomic E-state index is -0.351. The molecule has 2 aromatic carbocycles. The van der Waals surface area contributed by atoms with Gasteiger partial charge in [-0.05, 0) is 68.2 Å². The highest BCUT2D eigenvalue weighted by molar-refractivity contribution is 5.74. The maximum absolute atomic E-state index is 13.3. The van der Waals surface area contributed by atoms with E-state index in [0.29, 0.717) is 18.8 Å². The van der Waals surface area contributed by atoms with Gasteiger partial charge in [0.2, 0.25) is 0 Å². The average molecular weight is 458 g/mol. The van der Waals surface area contributed by atoms with Crippen molar-refractivity contribution in [3.63, 3.8) is 0 Å². The summed E-state index contributed by atoms with van der Waals surface area (Å²) in [5.41, 5.74) is 1.83. The molecule has 0 spiro atoms. The number of nitrogens with one attached hydrogen (secondary N) is 2. The van der Waals surface area contributed by atoms with Crippen molar-refractivity contribution in [2.75, 3.05) is 26.8 Å². The quantitative estimate of drug-likeness (QED) is 0.564. The lowest BCUT2D eigenvalue weighted by molar-refractivity contribution is -0.145. The molecule has 3 rings (SSSR count). The lowest BCUT2D eigenvalue weighted by Gasteiger charge is -2.35. The van der Waals surface area contributed by atoms with Crippen LogP contribution < -0.4 is 15.4 Å². The molecule has 1 fully saturated rings. The Morgan fingerprint density at radius 2 is 1.73 bits per heavy atom. The molecular formula is C25H32FN3O4. The Bertz CT molecular complexity index is 899. The third-order valence-corrected chi connectivity index (χ3v) is 5.75. The van der Waals surface area contributed by atoms with Crippen LogP contribution in [0, 0.1) is 11.7 Å². The minimum absolute atomic E-state index is 0.129. The summed E-state index contributed by atoms with van der Waals surface area (Å²) >= 11 is 0. The summed E-state index contributed by atoms with van der Waals surface area (Å²) in [7, 11) is 1.36. The Balaban J connectivity index is 1.56. The highest BCUT2D eigenvalue weighted by atomic mass is 19.1. The molecule has 2 N–H and O–H groups in total. The molecule has 2 amide bonds. The van der Waals surface area contributed by atoms with Crippen molar-refractivity contribution in [3.05, 3.63) is 65.5 Å². The second kappa shape index (κ2) is 12.2. The molecule has 0 radical (unpaired) electrons. The van der Waals surface area contributed by atoms with Crippen LogP contribution >= 0.6 is 0 Å². The molecular weight excluding hydrogens is 425 g/mol. The smallest absolute Gasteiger partial charge is 0.318 e. The largest absolute Gasteiger partial charge is 0.493 e. The molecule has 8 heteroatoms. The predicted octanol–water partition coefficient (Wildman–Crippen LogP) is 3.48. The van der Waals surface area contributed by atoms with Crippen LogP contribution in [0.15, 0.2) is 48.5 Å². The van der Waals surface area contributed by atoms with Crippen molar-refractivity contribution < 1.29 is 23.5 Å². The predicted molar refractivity (Wildman–Crippen MR) is 123 cm³/mol. The van der Waals surface area contributed by atoms with E-state index >= 15 is 0 Å². The monoisotopic (exact) mass is 457 g/mol. The SMILES string of the molecule is COC(=O)C(C)COc1ccc(CNC(=O)N(Cc2ccc(F)cc2)C2CCNCC2)cc1. The number of carbonyl (C=O) groups excluding carboxylic acids is 2.